The maximum Gasteiger partial charge on any atom is 0.335 e. The molecule has 2 fully saturated rings. The number of hydrogen-bond acceptors (Lipinski definition) is 7. The van der Waals surface area contributed by atoms with Crippen molar-refractivity contribution in [3.8, 4) is 0 Å². The van der Waals surface area contributed by atoms with E-state index in [0.29, 0.717) is 12.0 Å². The fraction of sp³-hybridized carbons (Fsp3) is 0.478. The first-order valence-electron chi connectivity index (χ1n) is 10.6. The second kappa shape index (κ2) is 8.09. The van der Waals surface area contributed by atoms with Crippen LogP contribution in [0.25, 0.3) is 0 Å². The summed E-state index contributed by atoms with van der Waals surface area (Å²) in [4.78, 5) is 26.0. The van der Waals surface area contributed by atoms with E-state index in [-0.39, 0.29) is 19.4 Å². The summed E-state index contributed by atoms with van der Waals surface area (Å²) in [5.41, 5.74) is -0.796. The summed E-state index contributed by atoms with van der Waals surface area (Å²) in [7, 11) is 1.54. The molecule has 2 aromatic rings. The average Bonchev–Trinajstić information content (AvgIpc) is 3.30. The average molecular weight is 442 g/mol. The highest BCUT2D eigenvalue weighted by atomic mass is 16.7. The number of methoxy groups -OCH3 is 1. The van der Waals surface area contributed by atoms with E-state index < -0.39 is 41.4 Å². The van der Waals surface area contributed by atoms with Crippen molar-refractivity contribution in [2.45, 2.75) is 62.9 Å². The van der Waals surface area contributed by atoms with Crippen molar-refractivity contribution in [3.05, 3.63) is 80.6 Å². The molecule has 1 unspecified atom stereocenters. The van der Waals surface area contributed by atoms with E-state index in [1.54, 1.807) is 13.0 Å². The summed E-state index contributed by atoms with van der Waals surface area (Å²) in [5.74, 6) is 0. The molecule has 1 N–H and O–H groups in total. The number of ether oxygens (including phenoxy) is 4. The molecule has 0 amide bonds. The van der Waals surface area contributed by atoms with Crippen molar-refractivity contribution in [1.82, 2.24) is 9.13 Å². The van der Waals surface area contributed by atoms with E-state index in [2.05, 4.69) is 0 Å². The molecule has 32 heavy (non-hydrogen) atoms. The Balaban J connectivity index is 1.45. The third kappa shape index (κ3) is 3.12. The number of aliphatic hydroxyl groups is 1. The van der Waals surface area contributed by atoms with Crippen LogP contribution in [-0.4, -0.2) is 51.4 Å². The molecule has 3 heterocycles. The number of aryl methyl sites for hydroxylation is 1. The van der Waals surface area contributed by atoms with Gasteiger partial charge in [-0.1, -0.05) is 42.5 Å². The summed E-state index contributed by atoms with van der Waals surface area (Å²) in [5, 5.41) is 10.7. The lowest BCUT2D eigenvalue weighted by Crippen LogP contribution is -2.57. The van der Waals surface area contributed by atoms with Gasteiger partial charge >= 0.3 is 5.69 Å². The largest absolute Gasteiger partial charge is 0.386 e. The van der Waals surface area contributed by atoms with Crippen molar-refractivity contribution in [2.24, 2.45) is 0 Å². The molecule has 6 atom stereocenters. The third-order valence-electron chi connectivity index (χ3n) is 6.53. The zero-order chi connectivity index (χ0) is 22.5. The lowest BCUT2D eigenvalue weighted by atomic mass is 9.81. The van der Waals surface area contributed by atoms with Crippen LogP contribution >= 0.6 is 0 Å². The van der Waals surface area contributed by atoms with Gasteiger partial charge in [-0.3, -0.25) is 9.36 Å². The van der Waals surface area contributed by atoms with Crippen molar-refractivity contribution in [2.75, 3.05) is 7.11 Å². The molecule has 9 nitrogen and oxygen atoms in total. The Morgan fingerprint density at radius 2 is 2.03 bits per heavy atom. The first-order chi connectivity index (χ1) is 15.5. The van der Waals surface area contributed by atoms with Crippen LogP contribution in [-0.2, 0) is 32.3 Å². The van der Waals surface area contributed by atoms with E-state index in [1.165, 1.54) is 17.9 Å². The molecule has 2 saturated heterocycles. The summed E-state index contributed by atoms with van der Waals surface area (Å²) in [6, 6.07) is 9.50. The Bertz CT molecular complexity index is 1140. The van der Waals surface area contributed by atoms with Gasteiger partial charge in [0.25, 0.3) is 5.56 Å². The molecule has 5 rings (SSSR count). The molecule has 2 aliphatic heterocycles. The number of aliphatic hydroxyl groups excluding tert-OH is 1. The Morgan fingerprint density at radius 3 is 2.78 bits per heavy atom. The Morgan fingerprint density at radius 1 is 1.25 bits per heavy atom. The first kappa shape index (κ1) is 21.3. The van der Waals surface area contributed by atoms with Crippen molar-refractivity contribution >= 4 is 0 Å². The molecular weight excluding hydrogens is 416 g/mol. The fourth-order valence-electron chi connectivity index (χ4n) is 5.01. The van der Waals surface area contributed by atoms with E-state index in [1.807, 2.05) is 36.4 Å². The highest BCUT2D eigenvalue weighted by molar-refractivity contribution is 5.24. The Hall–Kier alpha value is -2.56. The van der Waals surface area contributed by atoms with Crippen LogP contribution < -0.4 is 11.2 Å². The van der Waals surface area contributed by atoms with Gasteiger partial charge < -0.3 is 24.1 Å². The van der Waals surface area contributed by atoms with Crippen LogP contribution in [0.1, 0.15) is 23.8 Å². The number of benzene rings is 1. The topological polar surface area (TPSA) is 101 Å². The van der Waals surface area contributed by atoms with E-state index in [9.17, 15) is 14.7 Å². The zero-order valence-electron chi connectivity index (χ0n) is 17.9. The molecule has 170 valence electrons. The number of rotatable bonds is 6. The number of aromatic nitrogens is 2. The molecule has 1 aliphatic carbocycles. The van der Waals surface area contributed by atoms with Crippen molar-refractivity contribution in [1.29, 1.82) is 0 Å². The van der Waals surface area contributed by atoms with Gasteiger partial charge in [0, 0.05) is 18.9 Å². The van der Waals surface area contributed by atoms with Gasteiger partial charge in [0.2, 0.25) is 0 Å². The summed E-state index contributed by atoms with van der Waals surface area (Å²) in [6.45, 7) is 1.70. The molecular formula is C23H26N2O7. The maximum absolute atomic E-state index is 13.3. The Kier molecular flexibility index (Phi) is 5.39. The van der Waals surface area contributed by atoms with E-state index >= 15 is 0 Å². The molecule has 0 radical (unpaired) electrons. The summed E-state index contributed by atoms with van der Waals surface area (Å²) < 4.78 is 26.2. The lowest BCUT2D eigenvalue weighted by Gasteiger charge is -2.42. The lowest BCUT2D eigenvalue weighted by molar-refractivity contribution is -0.239. The number of fused-ring (bicyclic) bond motifs is 1. The van der Waals surface area contributed by atoms with E-state index in [0.717, 1.165) is 10.1 Å². The van der Waals surface area contributed by atoms with Gasteiger partial charge in [0.1, 0.15) is 25.0 Å². The SMILES string of the molecule is CO[C@H]1[C@H]2O[C@H]3CC=C[C@@H](O)C31O[C@H]2n1cc(C)c(=O)n(COCc2ccccc2)c1=O. The maximum atomic E-state index is 13.3. The highest BCUT2D eigenvalue weighted by Gasteiger charge is 2.70. The third-order valence-corrected chi connectivity index (χ3v) is 6.53. The quantitative estimate of drug-likeness (QED) is 0.663. The van der Waals surface area contributed by atoms with Crippen LogP contribution in [0.15, 0.2) is 58.3 Å². The Labute approximate surface area is 184 Å². The van der Waals surface area contributed by atoms with E-state index in [4.69, 9.17) is 18.9 Å². The van der Waals surface area contributed by atoms with Crippen molar-refractivity contribution in [3.63, 3.8) is 0 Å². The van der Waals surface area contributed by atoms with Crippen LogP contribution in [0.3, 0.4) is 0 Å². The van der Waals surface area contributed by atoms with Crippen molar-refractivity contribution < 1.29 is 24.1 Å². The van der Waals surface area contributed by atoms with Gasteiger partial charge in [-0.05, 0) is 18.9 Å². The normalized spacial score (nSPS) is 32.9. The van der Waals surface area contributed by atoms with Crippen LogP contribution in [0.2, 0.25) is 0 Å². The number of nitrogens with zero attached hydrogens (tertiary/aromatic N) is 2. The van der Waals surface area contributed by atoms with Gasteiger partial charge in [-0.25, -0.2) is 9.36 Å². The standard InChI is InChI=1S/C23H26N2O7/c1-14-11-24(22(28)25(20(14)27)13-30-12-15-7-4-3-5-8-15)21-18-19(29-2)23(32-21)16(26)9-6-10-17(23)31-18/h3-9,11,16-19,21,26H,10,12-13H2,1-2H3/t16-,17+,18-,19+,21-,23?/m1/s1. The van der Waals surface area contributed by atoms with Crippen LogP contribution in [0.5, 0.6) is 0 Å². The minimum Gasteiger partial charge on any atom is -0.386 e. The molecule has 1 aromatic carbocycles. The van der Waals surface area contributed by atoms with Crippen LogP contribution in [0.4, 0.5) is 0 Å². The zero-order valence-corrected chi connectivity index (χ0v) is 17.9. The molecule has 9 heteroatoms. The second-order valence-electron chi connectivity index (χ2n) is 8.41. The van der Waals surface area contributed by atoms with Gasteiger partial charge in [0.15, 0.2) is 11.8 Å². The van der Waals surface area contributed by atoms with Crippen LogP contribution in [0, 0.1) is 6.92 Å². The molecule has 3 aliphatic rings. The smallest absolute Gasteiger partial charge is 0.335 e. The predicted molar refractivity (Wildman–Crippen MR) is 113 cm³/mol. The first-order valence-corrected chi connectivity index (χ1v) is 10.6. The molecule has 1 spiro atoms. The minimum absolute atomic E-state index is 0.195. The highest BCUT2D eigenvalue weighted by Crippen LogP contribution is 2.53. The minimum atomic E-state index is -1.10. The number of hydrogen-bond donors (Lipinski definition) is 1. The summed E-state index contributed by atoms with van der Waals surface area (Å²) in [6.07, 6.45) is 2.27. The van der Waals surface area contributed by atoms with Gasteiger partial charge in [-0.15, -0.1) is 0 Å². The molecule has 2 bridgehead atoms. The second-order valence-corrected chi connectivity index (χ2v) is 8.41. The molecule has 1 aromatic heterocycles. The van der Waals surface area contributed by atoms with Gasteiger partial charge in [0.05, 0.1) is 12.7 Å². The van der Waals surface area contributed by atoms with Gasteiger partial charge in [-0.2, -0.15) is 0 Å². The fourth-order valence-corrected chi connectivity index (χ4v) is 5.01. The molecule has 0 saturated carbocycles. The monoisotopic (exact) mass is 442 g/mol. The summed E-state index contributed by atoms with van der Waals surface area (Å²) >= 11 is 0. The predicted octanol–water partition coefficient (Wildman–Crippen LogP) is 0.864.